The minimum absolute atomic E-state index is 0.0461. The molecule has 7 heteroatoms. The van der Waals surface area contributed by atoms with Gasteiger partial charge in [0.1, 0.15) is 12.0 Å². The van der Waals surface area contributed by atoms with Crippen LogP contribution in [0.5, 0.6) is 0 Å². The van der Waals surface area contributed by atoms with Gasteiger partial charge in [0.25, 0.3) is 0 Å². The number of halogens is 1. The zero-order chi connectivity index (χ0) is 19.8. The Hall–Kier alpha value is -2.67. The molecular weight excluding hydrogens is 418 g/mol. The molecule has 3 aromatic rings. The number of H-pyrrole nitrogens is 1. The molecule has 4 rings (SSSR count). The van der Waals surface area contributed by atoms with Crippen molar-refractivity contribution in [2.45, 2.75) is 39.3 Å². The van der Waals surface area contributed by atoms with Gasteiger partial charge in [0.2, 0.25) is 0 Å². The molecule has 144 valence electrons. The van der Waals surface area contributed by atoms with E-state index in [9.17, 15) is 4.79 Å². The van der Waals surface area contributed by atoms with Crippen molar-refractivity contribution < 1.29 is 4.79 Å². The molecule has 0 saturated carbocycles. The smallest absolute Gasteiger partial charge is 0.322 e. The molecule has 28 heavy (non-hydrogen) atoms. The molecule has 0 radical (unpaired) electrons. The molecule has 1 aliphatic rings. The number of aromatic amines is 1. The second-order valence-corrected chi connectivity index (χ2v) is 8.17. The normalized spacial score (nSPS) is 19.6. The number of carbonyl (C=O) groups excluding carboxylic acids is 1. The van der Waals surface area contributed by atoms with Crippen molar-refractivity contribution in [2.24, 2.45) is 0 Å². The fourth-order valence-electron chi connectivity index (χ4n) is 3.93. The van der Waals surface area contributed by atoms with Crippen molar-refractivity contribution in [3.63, 3.8) is 0 Å². The summed E-state index contributed by atoms with van der Waals surface area (Å²) >= 11 is 3.44. The maximum atomic E-state index is 12.9. The number of nitrogens with one attached hydrogen (secondary N) is 2. The molecular formula is C21H22BrN5O. The Morgan fingerprint density at radius 2 is 2.14 bits per heavy atom. The number of nitrogens with zero attached hydrogens (tertiary/aromatic N) is 3. The second-order valence-electron chi connectivity index (χ2n) is 7.25. The van der Waals surface area contributed by atoms with E-state index in [2.05, 4.69) is 56.1 Å². The Balaban J connectivity index is 1.62. The molecule has 1 aromatic carbocycles. The van der Waals surface area contributed by atoms with Gasteiger partial charge in [-0.1, -0.05) is 28.1 Å². The van der Waals surface area contributed by atoms with Crippen molar-refractivity contribution in [2.75, 3.05) is 5.32 Å². The maximum absolute atomic E-state index is 12.9. The zero-order valence-electron chi connectivity index (χ0n) is 16.0. The molecule has 2 atom stereocenters. The molecule has 3 heterocycles. The molecule has 0 fully saturated rings. The number of anilines is 1. The van der Waals surface area contributed by atoms with E-state index in [1.165, 1.54) is 0 Å². The van der Waals surface area contributed by atoms with Crippen LogP contribution in [0.3, 0.4) is 0 Å². The Kier molecular flexibility index (Phi) is 4.93. The van der Waals surface area contributed by atoms with Crippen molar-refractivity contribution in [3.8, 4) is 0 Å². The lowest BCUT2D eigenvalue weighted by atomic mass is 9.93. The first-order chi connectivity index (χ1) is 13.4. The van der Waals surface area contributed by atoms with Crippen LogP contribution in [0.2, 0.25) is 0 Å². The van der Waals surface area contributed by atoms with Crippen molar-refractivity contribution in [3.05, 3.63) is 58.6 Å². The van der Waals surface area contributed by atoms with Crippen LogP contribution >= 0.6 is 15.9 Å². The maximum Gasteiger partial charge on any atom is 0.322 e. The summed E-state index contributed by atoms with van der Waals surface area (Å²) in [6, 6.07) is 7.52. The lowest BCUT2D eigenvalue weighted by Crippen LogP contribution is -2.48. The highest BCUT2D eigenvalue weighted by molar-refractivity contribution is 9.10. The molecule has 0 aliphatic carbocycles. The minimum atomic E-state index is -0.0981. The second kappa shape index (κ2) is 7.39. The number of rotatable bonds is 2. The topological polar surface area (TPSA) is 73.9 Å². The summed E-state index contributed by atoms with van der Waals surface area (Å²) in [5.41, 5.74) is 4.85. The summed E-state index contributed by atoms with van der Waals surface area (Å²) < 4.78 is 0.932. The first kappa shape index (κ1) is 18.7. The van der Waals surface area contributed by atoms with E-state index in [0.717, 1.165) is 44.4 Å². The molecule has 1 aliphatic heterocycles. The van der Waals surface area contributed by atoms with Gasteiger partial charge in [-0.05, 0) is 56.5 Å². The van der Waals surface area contributed by atoms with E-state index in [-0.39, 0.29) is 18.1 Å². The summed E-state index contributed by atoms with van der Waals surface area (Å²) in [4.78, 5) is 26.9. The van der Waals surface area contributed by atoms with Crippen molar-refractivity contribution >= 4 is 44.3 Å². The van der Waals surface area contributed by atoms with Gasteiger partial charge in [-0.25, -0.2) is 14.8 Å². The highest BCUT2D eigenvalue weighted by Crippen LogP contribution is 2.33. The summed E-state index contributed by atoms with van der Waals surface area (Å²) in [5, 5.41) is 4.06. The van der Waals surface area contributed by atoms with Gasteiger partial charge < -0.3 is 15.2 Å². The van der Waals surface area contributed by atoms with Crippen LogP contribution in [-0.4, -0.2) is 38.0 Å². The summed E-state index contributed by atoms with van der Waals surface area (Å²) in [6.45, 7) is 6.17. The summed E-state index contributed by atoms with van der Waals surface area (Å²) in [6.07, 6.45) is 6.43. The predicted molar refractivity (Wildman–Crippen MR) is 115 cm³/mol. The number of fused-ring (bicyclic) bond motifs is 1. The number of benzene rings is 1. The third kappa shape index (κ3) is 3.42. The van der Waals surface area contributed by atoms with E-state index in [4.69, 9.17) is 0 Å². The monoisotopic (exact) mass is 439 g/mol. The molecule has 0 saturated heterocycles. The molecule has 2 N–H and O–H groups in total. The summed E-state index contributed by atoms with van der Waals surface area (Å²) in [7, 11) is 0. The third-order valence-electron chi connectivity index (χ3n) is 5.15. The van der Waals surface area contributed by atoms with E-state index in [0.29, 0.717) is 0 Å². The first-order valence-electron chi connectivity index (χ1n) is 9.28. The lowest BCUT2D eigenvalue weighted by molar-refractivity contribution is 0.178. The SMILES string of the molecule is Cc1c[nH]c2ncnc(C3=CC(C)N(C(=O)Nc4cccc(Br)c4)C(C)C3)c12. The van der Waals surface area contributed by atoms with E-state index in [1.807, 2.05) is 42.3 Å². The number of hydrogen-bond donors (Lipinski definition) is 2. The summed E-state index contributed by atoms with van der Waals surface area (Å²) in [5.74, 6) is 0. The van der Waals surface area contributed by atoms with E-state index >= 15 is 0 Å². The molecule has 6 nitrogen and oxygen atoms in total. The third-order valence-corrected chi connectivity index (χ3v) is 5.65. The average molecular weight is 440 g/mol. The average Bonchev–Trinajstić information content (AvgIpc) is 3.02. The molecule has 0 bridgehead atoms. The predicted octanol–water partition coefficient (Wildman–Crippen LogP) is 5.13. The largest absolute Gasteiger partial charge is 0.346 e. The number of urea groups is 1. The highest BCUT2D eigenvalue weighted by Gasteiger charge is 2.31. The van der Waals surface area contributed by atoms with Crippen molar-refractivity contribution in [1.82, 2.24) is 19.9 Å². The Labute approximate surface area is 172 Å². The van der Waals surface area contributed by atoms with Crippen LogP contribution in [0.15, 0.2) is 47.3 Å². The molecule has 2 unspecified atom stereocenters. The lowest BCUT2D eigenvalue weighted by Gasteiger charge is -2.38. The molecule has 2 amide bonds. The number of amides is 2. The van der Waals surface area contributed by atoms with Gasteiger partial charge in [0.15, 0.2) is 0 Å². The van der Waals surface area contributed by atoms with Crippen LogP contribution in [0.1, 0.15) is 31.5 Å². The van der Waals surface area contributed by atoms with E-state index < -0.39 is 0 Å². The molecule has 0 spiro atoms. The van der Waals surface area contributed by atoms with Crippen LogP contribution in [-0.2, 0) is 0 Å². The molecule has 2 aromatic heterocycles. The van der Waals surface area contributed by atoms with Gasteiger partial charge in [0, 0.05) is 33.8 Å². The van der Waals surface area contributed by atoms with Crippen LogP contribution < -0.4 is 5.32 Å². The Morgan fingerprint density at radius 3 is 2.89 bits per heavy atom. The Morgan fingerprint density at radius 1 is 1.32 bits per heavy atom. The van der Waals surface area contributed by atoms with Crippen LogP contribution in [0.4, 0.5) is 10.5 Å². The fraction of sp³-hybridized carbons (Fsp3) is 0.286. The van der Waals surface area contributed by atoms with Crippen LogP contribution in [0.25, 0.3) is 16.6 Å². The zero-order valence-corrected chi connectivity index (χ0v) is 17.6. The first-order valence-corrected chi connectivity index (χ1v) is 10.1. The number of hydrogen-bond acceptors (Lipinski definition) is 3. The van der Waals surface area contributed by atoms with E-state index in [1.54, 1.807) is 6.33 Å². The van der Waals surface area contributed by atoms with Gasteiger partial charge in [-0.3, -0.25) is 0 Å². The van der Waals surface area contributed by atoms with Gasteiger partial charge in [0.05, 0.1) is 5.69 Å². The standard InChI is InChI=1S/C21H22BrN5O/c1-12-10-23-20-18(12)19(24-11-25-20)15-7-13(2)27(14(3)8-15)21(28)26-17-6-4-5-16(22)9-17/h4-7,9-11,13-14H,8H2,1-3H3,(H,26,28)(H,23,24,25). The van der Waals surface area contributed by atoms with Gasteiger partial charge in [-0.2, -0.15) is 0 Å². The van der Waals surface area contributed by atoms with Gasteiger partial charge in [-0.15, -0.1) is 0 Å². The van der Waals surface area contributed by atoms with Crippen molar-refractivity contribution in [1.29, 1.82) is 0 Å². The quantitative estimate of drug-likeness (QED) is 0.581. The number of carbonyl (C=O) groups is 1. The number of aryl methyl sites for hydroxylation is 1. The van der Waals surface area contributed by atoms with Crippen LogP contribution in [0, 0.1) is 6.92 Å². The highest BCUT2D eigenvalue weighted by atomic mass is 79.9. The fourth-order valence-corrected chi connectivity index (χ4v) is 4.33. The number of aromatic nitrogens is 3. The van der Waals surface area contributed by atoms with Gasteiger partial charge >= 0.3 is 6.03 Å². The Bertz CT molecular complexity index is 1070. The minimum Gasteiger partial charge on any atom is -0.346 e.